The zero-order valence-corrected chi connectivity index (χ0v) is 11.9. The van der Waals surface area contributed by atoms with E-state index in [4.69, 9.17) is 14.2 Å². The van der Waals surface area contributed by atoms with Crippen LogP contribution in [0.2, 0.25) is 0 Å². The van der Waals surface area contributed by atoms with Crippen LogP contribution in [-0.2, 0) is 14.2 Å². The summed E-state index contributed by atoms with van der Waals surface area (Å²) < 4.78 is 15.8. The van der Waals surface area contributed by atoms with Crippen LogP contribution in [0.5, 0.6) is 0 Å². The molecule has 0 aromatic carbocycles. The van der Waals surface area contributed by atoms with Gasteiger partial charge in [0.2, 0.25) is 0 Å². The van der Waals surface area contributed by atoms with Crippen molar-refractivity contribution >= 4 is 0 Å². The van der Waals surface area contributed by atoms with Gasteiger partial charge in [0.05, 0.1) is 14.2 Å². The topological polar surface area (TPSA) is 27.7 Å². The molecule has 0 aromatic heterocycles. The Morgan fingerprint density at radius 2 is 1.18 bits per heavy atom. The highest BCUT2D eigenvalue weighted by Gasteiger charge is 2.03. The van der Waals surface area contributed by atoms with Crippen LogP contribution < -0.4 is 0 Å². The highest BCUT2D eigenvalue weighted by molar-refractivity contribution is 4.93. The molecule has 0 aromatic rings. The van der Waals surface area contributed by atoms with Crippen molar-refractivity contribution < 1.29 is 14.2 Å². The monoisotopic (exact) mass is 242 g/mol. The van der Waals surface area contributed by atoms with Crippen LogP contribution in [0.1, 0.15) is 40.5 Å². The Balaban J connectivity index is 4.30. The number of methoxy groups -OCH3 is 2. The van der Waals surface area contributed by atoms with Crippen molar-refractivity contribution in [2.75, 3.05) is 14.2 Å². The Morgan fingerprint density at radius 1 is 0.824 bits per heavy atom. The lowest BCUT2D eigenvalue weighted by atomic mass is 10.1. The lowest BCUT2D eigenvalue weighted by Gasteiger charge is -2.10. The summed E-state index contributed by atoms with van der Waals surface area (Å²) in [4.78, 5) is 0. The van der Waals surface area contributed by atoms with Gasteiger partial charge in [0.1, 0.15) is 24.0 Å². The fourth-order valence-electron chi connectivity index (χ4n) is 1.35. The third-order valence-corrected chi connectivity index (χ3v) is 2.14. The molecule has 0 heterocycles. The second-order valence-electron chi connectivity index (χ2n) is 4.91. The van der Waals surface area contributed by atoms with Gasteiger partial charge in [0.25, 0.3) is 0 Å². The van der Waals surface area contributed by atoms with Crippen molar-refractivity contribution in [3.8, 4) is 0 Å². The van der Waals surface area contributed by atoms with Gasteiger partial charge in [-0.25, -0.2) is 0 Å². The summed E-state index contributed by atoms with van der Waals surface area (Å²) in [7, 11) is 3.32. The summed E-state index contributed by atoms with van der Waals surface area (Å²) in [5, 5.41) is 0. The first-order valence-corrected chi connectivity index (χ1v) is 6.11. The Kier molecular flexibility index (Phi) is 8.38. The van der Waals surface area contributed by atoms with Crippen LogP contribution in [-0.4, -0.2) is 14.2 Å². The number of hydrogen-bond acceptors (Lipinski definition) is 3. The van der Waals surface area contributed by atoms with E-state index < -0.39 is 0 Å². The van der Waals surface area contributed by atoms with E-state index in [9.17, 15) is 0 Å². The van der Waals surface area contributed by atoms with Crippen molar-refractivity contribution in [2.45, 2.75) is 40.5 Å². The zero-order chi connectivity index (χ0) is 13.3. The molecule has 0 fully saturated rings. The fraction of sp³-hybridized carbons (Fsp3) is 0.714. The molecule has 0 aliphatic heterocycles. The second-order valence-corrected chi connectivity index (χ2v) is 4.91. The smallest absolute Gasteiger partial charge is 0.131 e. The van der Waals surface area contributed by atoms with Crippen molar-refractivity contribution in [1.82, 2.24) is 0 Å². The first-order chi connectivity index (χ1) is 7.99. The Labute approximate surface area is 105 Å². The van der Waals surface area contributed by atoms with E-state index in [-0.39, 0.29) is 0 Å². The van der Waals surface area contributed by atoms with Gasteiger partial charge in [-0.1, -0.05) is 27.7 Å². The van der Waals surface area contributed by atoms with E-state index in [1.807, 2.05) is 0 Å². The molecule has 3 nitrogen and oxygen atoms in total. The molecular weight excluding hydrogens is 216 g/mol. The van der Waals surface area contributed by atoms with Gasteiger partial charge < -0.3 is 14.2 Å². The molecule has 0 bridgehead atoms. The van der Waals surface area contributed by atoms with Gasteiger partial charge in [-0.2, -0.15) is 0 Å². The number of ether oxygens (including phenoxy) is 3. The van der Waals surface area contributed by atoms with Crippen LogP contribution in [0.4, 0.5) is 0 Å². The highest BCUT2D eigenvalue weighted by atomic mass is 16.5. The van der Waals surface area contributed by atoms with E-state index in [0.29, 0.717) is 11.8 Å². The molecule has 0 atom stereocenters. The SMILES string of the molecule is COC(=COC=C(CC(C)C)OC)CC(C)C. The van der Waals surface area contributed by atoms with Crippen LogP contribution in [0.25, 0.3) is 0 Å². The van der Waals surface area contributed by atoms with Crippen LogP contribution in [0, 0.1) is 11.8 Å². The Hall–Kier alpha value is -1.12. The maximum absolute atomic E-state index is 5.37. The predicted octanol–water partition coefficient (Wildman–Crippen LogP) is 4.07. The quantitative estimate of drug-likeness (QED) is 0.600. The average molecular weight is 242 g/mol. The zero-order valence-electron chi connectivity index (χ0n) is 11.9. The molecule has 0 spiro atoms. The standard InChI is InChI=1S/C14H26O3/c1-11(2)7-13(15-5)9-17-10-14(16-6)8-12(3)4/h9-12H,7-8H2,1-6H3. The lowest BCUT2D eigenvalue weighted by molar-refractivity contribution is 0.221. The molecular formula is C14H26O3. The van der Waals surface area contributed by atoms with Crippen LogP contribution >= 0.6 is 0 Å². The molecule has 0 rings (SSSR count). The molecule has 0 radical (unpaired) electrons. The largest absolute Gasteiger partial charge is 0.498 e. The Morgan fingerprint density at radius 3 is 1.41 bits per heavy atom. The molecule has 0 saturated carbocycles. The molecule has 3 heteroatoms. The van der Waals surface area contributed by atoms with Gasteiger partial charge in [-0.15, -0.1) is 0 Å². The minimum atomic E-state index is 0.548. The van der Waals surface area contributed by atoms with E-state index in [1.165, 1.54) is 0 Å². The molecule has 0 aliphatic carbocycles. The summed E-state index contributed by atoms with van der Waals surface area (Å²) in [6, 6.07) is 0. The van der Waals surface area contributed by atoms with Crippen molar-refractivity contribution in [1.29, 1.82) is 0 Å². The van der Waals surface area contributed by atoms with E-state index in [2.05, 4.69) is 27.7 Å². The van der Waals surface area contributed by atoms with Gasteiger partial charge in [0.15, 0.2) is 0 Å². The molecule has 0 amide bonds. The summed E-state index contributed by atoms with van der Waals surface area (Å²) in [5.74, 6) is 2.78. The third-order valence-electron chi connectivity index (χ3n) is 2.14. The van der Waals surface area contributed by atoms with E-state index in [1.54, 1.807) is 26.7 Å². The molecule has 0 saturated heterocycles. The van der Waals surface area contributed by atoms with Crippen molar-refractivity contribution in [3.63, 3.8) is 0 Å². The van der Waals surface area contributed by atoms with Crippen LogP contribution in [0.3, 0.4) is 0 Å². The van der Waals surface area contributed by atoms with Gasteiger partial charge >= 0.3 is 0 Å². The van der Waals surface area contributed by atoms with E-state index >= 15 is 0 Å². The summed E-state index contributed by atoms with van der Waals surface area (Å²) >= 11 is 0. The molecule has 17 heavy (non-hydrogen) atoms. The third kappa shape index (κ3) is 8.66. The number of rotatable bonds is 8. The molecule has 0 aliphatic rings. The lowest BCUT2D eigenvalue weighted by Crippen LogP contribution is -1.96. The average Bonchev–Trinajstić information content (AvgIpc) is 2.25. The van der Waals surface area contributed by atoms with E-state index in [0.717, 1.165) is 24.4 Å². The van der Waals surface area contributed by atoms with Crippen molar-refractivity contribution in [3.05, 3.63) is 24.0 Å². The molecule has 0 N–H and O–H groups in total. The minimum Gasteiger partial charge on any atom is -0.498 e. The maximum Gasteiger partial charge on any atom is 0.131 e. The summed E-state index contributed by atoms with van der Waals surface area (Å²) in [5.41, 5.74) is 0. The number of allylic oxidation sites excluding steroid dienone is 2. The first kappa shape index (κ1) is 15.9. The highest BCUT2D eigenvalue weighted by Crippen LogP contribution is 2.13. The summed E-state index contributed by atoms with van der Waals surface area (Å²) in [6.45, 7) is 8.56. The normalized spacial score (nSPS) is 13.2. The van der Waals surface area contributed by atoms with Gasteiger partial charge in [-0.3, -0.25) is 0 Å². The molecule has 0 unspecified atom stereocenters. The van der Waals surface area contributed by atoms with Gasteiger partial charge in [0, 0.05) is 12.8 Å². The van der Waals surface area contributed by atoms with Gasteiger partial charge in [-0.05, 0) is 11.8 Å². The number of hydrogen-bond donors (Lipinski definition) is 0. The molecule has 100 valence electrons. The summed E-state index contributed by atoms with van der Waals surface area (Å²) in [6.07, 6.45) is 5.02. The second kappa shape index (κ2) is 8.97. The Bertz CT molecular complexity index is 226. The first-order valence-electron chi connectivity index (χ1n) is 6.11. The fourth-order valence-corrected chi connectivity index (χ4v) is 1.35. The predicted molar refractivity (Wildman–Crippen MR) is 70.2 cm³/mol. The van der Waals surface area contributed by atoms with Crippen molar-refractivity contribution in [2.24, 2.45) is 11.8 Å². The van der Waals surface area contributed by atoms with Crippen LogP contribution in [0.15, 0.2) is 24.0 Å². The maximum atomic E-state index is 5.37. The minimum absolute atomic E-state index is 0.548.